The van der Waals surface area contributed by atoms with Gasteiger partial charge in [-0.05, 0) is 50.6 Å². The highest BCUT2D eigenvalue weighted by molar-refractivity contribution is 7.92. The first-order chi connectivity index (χ1) is 13.8. The SMILES string of the molecule is Cc1ccc(S(=O)(=O)Nc2cc(C(=O)NC(C)c3cnccn3)ccc2C)cc1. The van der Waals surface area contributed by atoms with E-state index in [9.17, 15) is 13.2 Å². The molecule has 1 heterocycles. The molecule has 2 N–H and O–H groups in total. The third-order valence-corrected chi connectivity index (χ3v) is 5.83. The van der Waals surface area contributed by atoms with E-state index in [-0.39, 0.29) is 16.8 Å². The second-order valence-electron chi connectivity index (χ2n) is 6.77. The van der Waals surface area contributed by atoms with Gasteiger partial charge in [0.25, 0.3) is 15.9 Å². The zero-order valence-corrected chi connectivity index (χ0v) is 17.2. The molecule has 8 heteroatoms. The smallest absolute Gasteiger partial charge is 0.261 e. The normalized spacial score (nSPS) is 12.2. The molecule has 1 atom stereocenters. The standard InChI is InChI=1S/C21H22N4O3S/c1-14-4-8-18(9-5-14)29(27,28)25-19-12-17(7-6-15(19)2)21(26)24-16(3)20-13-22-10-11-23-20/h4-13,16,25H,1-3H3,(H,24,26). The molecule has 0 spiro atoms. The summed E-state index contributed by atoms with van der Waals surface area (Å²) >= 11 is 0. The van der Waals surface area contributed by atoms with E-state index in [0.717, 1.165) is 5.56 Å². The van der Waals surface area contributed by atoms with E-state index in [0.29, 0.717) is 22.5 Å². The Morgan fingerprint density at radius 2 is 1.76 bits per heavy atom. The van der Waals surface area contributed by atoms with Crippen LogP contribution in [0.4, 0.5) is 5.69 Å². The molecule has 2 aromatic carbocycles. The number of hydrogen-bond acceptors (Lipinski definition) is 5. The van der Waals surface area contributed by atoms with Crippen molar-refractivity contribution < 1.29 is 13.2 Å². The molecule has 0 saturated carbocycles. The molecule has 1 aromatic heterocycles. The first-order valence-corrected chi connectivity index (χ1v) is 10.5. The molecule has 0 radical (unpaired) electrons. The van der Waals surface area contributed by atoms with Crippen LogP contribution >= 0.6 is 0 Å². The number of anilines is 1. The van der Waals surface area contributed by atoms with Crippen LogP contribution in [-0.4, -0.2) is 24.3 Å². The molecular formula is C21H22N4O3S. The Balaban J connectivity index is 1.80. The molecular weight excluding hydrogens is 388 g/mol. The third-order valence-electron chi connectivity index (χ3n) is 4.45. The van der Waals surface area contributed by atoms with Gasteiger partial charge in [0.2, 0.25) is 0 Å². The van der Waals surface area contributed by atoms with Gasteiger partial charge in [-0.15, -0.1) is 0 Å². The fourth-order valence-electron chi connectivity index (χ4n) is 2.68. The Hall–Kier alpha value is -3.26. The molecule has 29 heavy (non-hydrogen) atoms. The summed E-state index contributed by atoms with van der Waals surface area (Å²) in [6.07, 6.45) is 4.70. The summed E-state index contributed by atoms with van der Waals surface area (Å²) in [5.41, 5.74) is 3.00. The summed E-state index contributed by atoms with van der Waals surface area (Å²) in [4.78, 5) is 21.0. The summed E-state index contributed by atoms with van der Waals surface area (Å²) in [6.45, 7) is 5.46. The van der Waals surface area contributed by atoms with Crippen LogP contribution in [0.15, 0.2) is 66.0 Å². The predicted octanol–water partition coefficient (Wildman–Crippen LogP) is 3.39. The van der Waals surface area contributed by atoms with Crippen molar-refractivity contribution in [3.63, 3.8) is 0 Å². The molecule has 0 aliphatic heterocycles. The average molecular weight is 410 g/mol. The summed E-state index contributed by atoms with van der Waals surface area (Å²) in [6, 6.07) is 11.1. The lowest BCUT2D eigenvalue weighted by atomic mass is 10.1. The number of nitrogens with zero attached hydrogens (tertiary/aromatic N) is 2. The summed E-state index contributed by atoms with van der Waals surface area (Å²) in [5.74, 6) is -0.334. The summed E-state index contributed by atoms with van der Waals surface area (Å²) in [5, 5.41) is 2.84. The molecule has 3 rings (SSSR count). The number of carbonyl (C=O) groups excluding carboxylic acids is 1. The number of benzene rings is 2. The highest BCUT2D eigenvalue weighted by Gasteiger charge is 2.18. The Labute approximate surface area is 170 Å². The fraction of sp³-hybridized carbons (Fsp3) is 0.190. The number of hydrogen-bond donors (Lipinski definition) is 2. The number of aromatic nitrogens is 2. The largest absolute Gasteiger partial charge is 0.344 e. The molecule has 150 valence electrons. The molecule has 7 nitrogen and oxygen atoms in total. The first kappa shape index (κ1) is 20.5. The number of nitrogens with one attached hydrogen (secondary N) is 2. The lowest BCUT2D eigenvalue weighted by Crippen LogP contribution is -2.27. The van der Waals surface area contributed by atoms with Gasteiger partial charge < -0.3 is 5.32 Å². The molecule has 0 bridgehead atoms. The van der Waals surface area contributed by atoms with Crippen LogP contribution < -0.4 is 10.0 Å². The number of sulfonamides is 1. The van der Waals surface area contributed by atoms with Gasteiger partial charge in [0.05, 0.1) is 28.5 Å². The van der Waals surface area contributed by atoms with E-state index < -0.39 is 10.0 Å². The summed E-state index contributed by atoms with van der Waals surface area (Å²) < 4.78 is 27.9. The fourth-order valence-corrected chi connectivity index (χ4v) is 3.80. The van der Waals surface area contributed by atoms with Crippen molar-refractivity contribution in [2.24, 2.45) is 0 Å². The van der Waals surface area contributed by atoms with Gasteiger partial charge in [0.1, 0.15) is 0 Å². The van der Waals surface area contributed by atoms with Gasteiger partial charge in [0, 0.05) is 18.0 Å². The van der Waals surface area contributed by atoms with Gasteiger partial charge in [0.15, 0.2) is 0 Å². The Morgan fingerprint density at radius 3 is 2.41 bits per heavy atom. The van der Waals surface area contributed by atoms with Gasteiger partial charge in [-0.2, -0.15) is 0 Å². The van der Waals surface area contributed by atoms with Gasteiger partial charge in [-0.25, -0.2) is 8.42 Å². The van der Waals surface area contributed by atoms with Crippen molar-refractivity contribution in [3.05, 3.63) is 83.4 Å². The van der Waals surface area contributed by atoms with Crippen molar-refractivity contribution in [1.82, 2.24) is 15.3 Å². The van der Waals surface area contributed by atoms with Crippen LogP contribution in [0, 0.1) is 13.8 Å². The van der Waals surface area contributed by atoms with Gasteiger partial charge in [-0.1, -0.05) is 23.8 Å². The maximum absolute atomic E-state index is 12.7. The van der Waals surface area contributed by atoms with E-state index in [1.807, 2.05) is 6.92 Å². The van der Waals surface area contributed by atoms with E-state index in [1.165, 1.54) is 6.07 Å². The van der Waals surface area contributed by atoms with Gasteiger partial charge >= 0.3 is 0 Å². The number of aryl methyl sites for hydroxylation is 2. The van der Waals surface area contributed by atoms with Crippen LogP contribution in [0.3, 0.4) is 0 Å². The Bertz CT molecular complexity index is 1110. The Morgan fingerprint density at radius 1 is 1.03 bits per heavy atom. The van der Waals surface area contributed by atoms with E-state index in [4.69, 9.17) is 0 Å². The predicted molar refractivity (Wildman–Crippen MR) is 111 cm³/mol. The lowest BCUT2D eigenvalue weighted by molar-refractivity contribution is 0.0939. The molecule has 0 aliphatic carbocycles. The van der Waals surface area contributed by atoms with Crippen LogP contribution in [0.1, 0.15) is 40.1 Å². The molecule has 0 fully saturated rings. The lowest BCUT2D eigenvalue weighted by Gasteiger charge is -2.15. The van der Waals surface area contributed by atoms with Crippen molar-refractivity contribution in [2.45, 2.75) is 31.7 Å². The Kier molecular flexibility index (Phi) is 5.93. The monoisotopic (exact) mass is 410 g/mol. The van der Waals surface area contributed by atoms with Crippen molar-refractivity contribution >= 4 is 21.6 Å². The molecule has 1 amide bonds. The number of rotatable bonds is 6. The maximum atomic E-state index is 12.7. The topological polar surface area (TPSA) is 101 Å². The van der Waals surface area contributed by atoms with Crippen molar-refractivity contribution in [3.8, 4) is 0 Å². The molecule has 3 aromatic rings. The zero-order valence-electron chi connectivity index (χ0n) is 16.4. The van der Waals surface area contributed by atoms with Crippen molar-refractivity contribution in [2.75, 3.05) is 4.72 Å². The highest BCUT2D eigenvalue weighted by Crippen LogP contribution is 2.22. The van der Waals surface area contributed by atoms with Crippen LogP contribution in [0.25, 0.3) is 0 Å². The molecule has 0 aliphatic rings. The summed E-state index contributed by atoms with van der Waals surface area (Å²) in [7, 11) is -3.76. The van der Waals surface area contributed by atoms with Gasteiger partial charge in [-0.3, -0.25) is 19.5 Å². The van der Waals surface area contributed by atoms with E-state index >= 15 is 0 Å². The number of amides is 1. The van der Waals surface area contributed by atoms with E-state index in [2.05, 4.69) is 20.0 Å². The number of carbonyl (C=O) groups is 1. The molecule has 1 unspecified atom stereocenters. The zero-order chi connectivity index (χ0) is 21.0. The molecule has 0 saturated heterocycles. The average Bonchev–Trinajstić information content (AvgIpc) is 2.70. The quantitative estimate of drug-likeness (QED) is 0.649. The van der Waals surface area contributed by atoms with E-state index in [1.54, 1.807) is 68.8 Å². The highest BCUT2D eigenvalue weighted by atomic mass is 32.2. The first-order valence-electron chi connectivity index (χ1n) is 9.03. The minimum atomic E-state index is -3.76. The van der Waals surface area contributed by atoms with Crippen LogP contribution in [0.5, 0.6) is 0 Å². The van der Waals surface area contributed by atoms with Crippen LogP contribution in [-0.2, 0) is 10.0 Å². The van der Waals surface area contributed by atoms with Crippen molar-refractivity contribution in [1.29, 1.82) is 0 Å². The third kappa shape index (κ3) is 4.97. The minimum Gasteiger partial charge on any atom is -0.344 e. The van der Waals surface area contributed by atoms with Crippen LogP contribution in [0.2, 0.25) is 0 Å². The second-order valence-corrected chi connectivity index (χ2v) is 8.46. The second kappa shape index (κ2) is 8.40. The minimum absolute atomic E-state index is 0.161. The maximum Gasteiger partial charge on any atom is 0.261 e.